The van der Waals surface area contributed by atoms with Crippen LogP contribution in [0.4, 0.5) is 0 Å². The summed E-state index contributed by atoms with van der Waals surface area (Å²) in [6, 6.07) is 0. The first-order valence-electron chi connectivity index (χ1n) is 6.55. The van der Waals surface area contributed by atoms with Crippen LogP contribution in [0.15, 0.2) is 25.1 Å². The maximum atomic E-state index is 5.35. The summed E-state index contributed by atoms with van der Waals surface area (Å²) in [5, 5.41) is 0. The third-order valence-corrected chi connectivity index (χ3v) is 3.07. The van der Waals surface area contributed by atoms with E-state index in [1.54, 1.807) is 7.11 Å². The molecule has 1 heterocycles. The summed E-state index contributed by atoms with van der Waals surface area (Å²) in [5.41, 5.74) is 5.83. The second kappa shape index (κ2) is 9.97. The average Bonchev–Trinajstić information content (AvgIpc) is 2.78. The fraction of sp³-hybridized carbons (Fsp3) is 0.714. The van der Waals surface area contributed by atoms with Gasteiger partial charge in [-0.25, -0.2) is 0 Å². The minimum atomic E-state index is 0.425. The van der Waals surface area contributed by atoms with Crippen molar-refractivity contribution >= 4 is 0 Å². The zero-order chi connectivity index (χ0) is 14.0. The van der Waals surface area contributed by atoms with Crippen LogP contribution in [-0.2, 0) is 4.74 Å². The van der Waals surface area contributed by atoms with Gasteiger partial charge < -0.3 is 15.4 Å². The lowest BCUT2D eigenvalue weighted by atomic mass is 10.3. The van der Waals surface area contributed by atoms with Gasteiger partial charge in [0, 0.05) is 46.0 Å². The highest BCUT2D eigenvalue weighted by atomic mass is 16.5. The fourth-order valence-corrected chi connectivity index (χ4v) is 2.01. The average molecular weight is 255 g/mol. The second-order valence-corrected chi connectivity index (χ2v) is 4.60. The van der Waals surface area contributed by atoms with Crippen molar-refractivity contribution in [2.75, 3.05) is 40.3 Å². The standard InChI is InChI=1S/C12H24N2O.C2H5N/c1-5-7-13(3)11(2)9-14-8-6-12(10-14)15-4;1-2-3/h12H,2,5-10H2,1,3-4H3;2H,1,3H2. The molecule has 0 aromatic rings. The van der Waals surface area contributed by atoms with Crippen molar-refractivity contribution in [1.82, 2.24) is 9.80 Å². The number of ether oxygens (including phenoxy) is 1. The maximum absolute atomic E-state index is 5.35. The van der Waals surface area contributed by atoms with Crippen LogP contribution in [0.5, 0.6) is 0 Å². The van der Waals surface area contributed by atoms with Crippen LogP contribution in [-0.4, -0.2) is 56.2 Å². The van der Waals surface area contributed by atoms with Crippen molar-refractivity contribution < 1.29 is 4.74 Å². The van der Waals surface area contributed by atoms with E-state index in [2.05, 4.69) is 42.7 Å². The molecular formula is C14H29N3O. The predicted octanol–water partition coefficient (Wildman–Crippen LogP) is 1.65. The Morgan fingerprint density at radius 1 is 1.61 bits per heavy atom. The van der Waals surface area contributed by atoms with Gasteiger partial charge in [-0.1, -0.05) is 20.1 Å². The Hall–Kier alpha value is -1.00. The highest BCUT2D eigenvalue weighted by Crippen LogP contribution is 2.13. The Morgan fingerprint density at radius 2 is 2.22 bits per heavy atom. The van der Waals surface area contributed by atoms with Crippen LogP contribution in [0, 0.1) is 0 Å². The largest absolute Gasteiger partial charge is 0.405 e. The van der Waals surface area contributed by atoms with Crippen LogP contribution in [0.1, 0.15) is 19.8 Å². The molecule has 0 aromatic heterocycles. The molecule has 0 amide bonds. The summed E-state index contributed by atoms with van der Waals surface area (Å²) >= 11 is 0. The molecule has 2 N–H and O–H groups in total. The van der Waals surface area contributed by atoms with E-state index in [0.717, 1.165) is 32.6 Å². The predicted molar refractivity (Wildman–Crippen MR) is 78.3 cm³/mol. The van der Waals surface area contributed by atoms with Gasteiger partial charge in [0.25, 0.3) is 0 Å². The van der Waals surface area contributed by atoms with Gasteiger partial charge in [-0.3, -0.25) is 4.90 Å². The normalized spacial score (nSPS) is 18.9. The lowest BCUT2D eigenvalue weighted by Crippen LogP contribution is -2.30. The molecule has 4 heteroatoms. The minimum absolute atomic E-state index is 0.425. The lowest BCUT2D eigenvalue weighted by molar-refractivity contribution is 0.108. The first-order valence-corrected chi connectivity index (χ1v) is 6.55. The second-order valence-electron chi connectivity index (χ2n) is 4.60. The molecule has 0 radical (unpaired) electrons. The van der Waals surface area contributed by atoms with Crippen LogP contribution in [0.2, 0.25) is 0 Å². The quantitative estimate of drug-likeness (QED) is 0.783. The van der Waals surface area contributed by atoms with Gasteiger partial charge in [0.2, 0.25) is 0 Å². The van der Waals surface area contributed by atoms with Gasteiger partial charge in [0.1, 0.15) is 0 Å². The summed E-state index contributed by atoms with van der Waals surface area (Å²) in [4.78, 5) is 4.67. The molecule has 1 saturated heterocycles. The Balaban J connectivity index is 0.000000873. The third kappa shape index (κ3) is 6.67. The van der Waals surface area contributed by atoms with Crippen LogP contribution in [0.3, 0.4) is 0 Å². The fourth-order valence-electron chi connectivity index (χ4n) is 2.01. The third-order valence-electron chi connectivity index (χ3n) is 3.07. The molecule has 0 saturated carbocycles. The van der Waals surface area contributed by atoms with Gasteiger partial charge >= 0.3 is 0 Å². The molecule has 1 unspecified atom stereocenters. The summed E-state index contributed by atoms with van der Waals surface area (Å²) < 4.78 is 5.35. The molecule has 106 valence electrons. The van der Waals surface area contributed by atoms with E-state index >= 15 is 0 Å². The van der Waals surface area contributed by atoms with E-state index in [4.69, 9.17) is 4.74 Å². The highest BCUT2D eigenvalue weighted by Gasteiger charge is 2.22. The van der Waals surface area contributed by atoms with Crippen LogP contribution >= 0.6 is 0 Å². The van der Waals surface area contributed by atoms with Crippen LogP contribution < -0.4 is 5.73 Å². The topological polar surface area (TPSA) is 41.7 Å². The van der Waals surface area contributed by atoms with Gasteiger partial charge in [0.05, 0.1) is 6.10 Å². The highest BCUT2D eigenvalue weighted by molar-refractivity contribution is 4.97. The van der Waals surface area contributed by atoms with Crippen LogP contribution in [0.25, 0.3) is 0 Å². The summed E-state index contributed by atoms with van der Waals surface area (Å²) in [6.07, 6.45) is 4.01. The molecule has 0 spiro atoms. The zero-order valence-electron chi connectivity index (χ0n) is 12.2. The molecular weight excluding hydrogens is 226 g/mol. The van der Waals surface area contributed by atoms with Crippen molar-refractivity contribution in [3.05, 3.63) is 25.1 Å². The smallest absolute Gasteiger partial charge is 0.0710 e. The number of hydrogen-bond acceptors (Lipinski definition) is 4. The lowest BCUT2D eigenvalue weighted by Gasteiger charge is -2.25. The van der Waals surface area contributed by atoms with E-state index in [1.165, 1.54) is 18.3 Å². The first-order chi connectivity index (χ1) is 8.58. The van der Waals surface area contributed by atoms with E-state index in [0.29, 0.717) is 6.10 Å². The Kier molecular flexibility index (Phi) is 9.42. The van der Waals surface area contributed by atoms with Crippen molar-refractivity contribution in [2.24, 2.45) is 5.73 Å². The molecule has 0 bridgehead atoms. The SMILES string of the molecule is C=C(CN1CCC(OC)C1)N(C)CCC.C=CN. The number of nitrogens with zero attached hydrogens (tertiary/aromatic N) is 2. The summed E-state index contributed by atoms with van der Waals surface area (Å²) in [6.45, 7) is 13.7. The van der Waals surface area contributed by atoms with Crippen molar-refractivity contribution in [3.8, 4) is 0 Å². The van der Waals surface area contributed by atoms with E-state index < -0.39 is 0 Å². The van der Waals surface area contributed by atoms with Gasteiger partial charge in [-0.15, -0.1) is 0 Å². The monoisotopic (exact) mass is 255 g/mol. The van der Waals surface area contributed by atoms with Crippen molar-refractivity contribution in [1.29, 1.82) is 0 Å². The number of rotatable bonds is 6. The Labute approximate surface area is 112 Å². The molecule has 1 aliphatic heterocycles. The van der Waals surface area contributed by atoms with Crippen molar-refractivity contribution in [2.45, 2.75) is 25.9 Å². The van der Waals surface area contributed by atoms with Crippen molar-refractivity contribution in [3.63, 3.8) is 0 Å². The number of methoxy groups -OCH3 is 1. The van der Waals surface area contributed by atoms with Gasteiger partial charge in [-0.05, 0) is 19.0 Å². The van der Waals surface area contributed by atoms with Gasteiger partial charge in [-0.2, -0.15) is 0 Å². The Bertz CT molecular complexity index is 243. The number of likely N-dealkylation sites (tertiary alicyclic amines) is 1. The molecule has 0 aromatic carbocycles. The first kappa shape index (κ1) is 17.0. The molecule has 18 heavy (non-hydrogen) atoms. The molecule has 1 atom stereocenters. The number of likely N-dealkylation sites (N-methyl/N-ethyl adjacent to an activating group) is 1. The molecule has 0 aliphatic carbocycles. The zero-order valence-corrected chi connectivity index (χ0v) is 12.2. The van der Waals surface area contributed by atoms with E-state index in [-0.39, 0.29) is 0 Å². The Morgan fingerprint density at radius 3 is 2.67 bits per heavy atom. The number of hydrogen-bond donors (Lipinski definition) is 1. The summed E-state index contributed by atoms with van der Waals surface area (Å²) in [5.74, 6) is 0. The molecule has 4 nitrogen and oxygen atoms in total. The van der Waals surface area contributed by atoms with Gasteiger partial charge in [0.15, 0.2) is 0 Å². The van der Waals surface area contributed by atoms with E-state index in [9.17, 15) is 0 Å². The minimum Gasteiger partial charge on any atom is -0.405 e. The maximum Gasteiger partial charge on any atom is 0.0710 e. The van der Waals surface area contributed by atoms with E-state index in [1.807, 2.05) is 0 Å². The molecule has 1 fully saturated rings. The number of nitrogens with two attached hydrogens (primary N) is 1. The summed E-state index contributed by atoms with van der Waals surface area (Å²) in [7, 11) is 3.92. The molecule has 1 rings (SSSR count). The molecule has 1 aliphatic rings.